The number of hydrogen-bond donors (Lipinski definition) is 0. The largest absolute Gasteiger partial charge is 0.472 e. The highest BCUT2D eigenvalue weighted by Crippen LogP contribution is 2.35. The van der Waals surface area contributed by atoms with Crippen LogP contribution in [0.25, 0.3) is 0 Å². The van der Waals surface area contributed by atoms with Crippen LogP contribution in [0.3, 0.4) is 0 Å². The molecule has 4 nitrogen and oxygen atoms in total. The quantitative estimate of drug-likeness (QED) is 0.771. The Morgan fingerprint density at radius 3 is 2.82 bits per heavy atom. The maximum atomic E-state index is 13.2. The summed E-state index contributed by atoms with van der Waals surface area (Å²) in [7, 11) is 1.29. The number of halogens is 4. The maximum absolute atomic E-state index is 13.2. The van der Waals surface area contributed by atoms with Crippen molar-refractivity contribution in [2.75, 3.05) is 13.8 Å². The first-order valence-electron chi connectivity index (χ1n) is 6.73. The molecule has 1 aliphatic rings. The molecule has 22 heavy (non-hydrogen) atoms. The Morgan fingerprint density at radius 1 is 1.50 bits per heavy atom. The molecular formula is C14H15ClF3NO3. The molecule has 0 spiro atoms. The highest BCUT2D eigenvalue weighted by molar-refractivity contribution is 6.31. The number of carbonyl (C=O) groups is 1. The van der Waals surface area contributed by atoms with Crippen molar-refractivity contribution in [1.29, 1.82) is 0 Å². The van der Waals surface area contributed by atoms with Gasteiger partial charge in [-0.15, -0.1) is 0 Å². The molecule has 0 unspecified atom stereocenters. The van der Waals surface area contributed by atoms with E-state index in [0.29, 0.717) is 12.8 Å². The van der Waals surface area contributed by atoms with Crippen LogP contribution in [0.1, 0.15) is 24.8 Å². The van der Waals surface area contributed by atoms with E-state index in [4.69, 9.17) is 21.1 Å². The molecule has 0 bridgehead atoms. The summed E-state index contributed by atoms with van der Waals surface area (Å²) in [5, 5.41) is -0.152. The van der Waals surface area contributed by atoms with Gasteiger partial charge in [-0.05, 0) is 25.3 Å². The van der Waals surface area contributed by atoms with E-state index < -0.39 is 30.2 Å². The molecule has 0 radical (unpaired) electrons. The van der Waals surface area contributed by atoms with Crippen molar-refractivity contribution in [3.63, 3.8) is 0 Å². The molecule has 2 rings (SSSR count). The van der Waals surface area contributed by atoms with Crippen molar-refractivity contribution in [2.24, 2.45) is 5.92 Å². The minimum Gasteiger partial charge on any atom is -0.472 e. The Kier molecular flexibility index (Phi) is 5.16. The van der Waals surface area contributed by atoms with Crippen LogP contribution in [-0.4, -0.2) is 30.8 Å². The van der Waals surface area contributed by atoms with Crippen LogP contribution in [-0.2, 0) is 15.5 Å². The van der Waals surface area contributed by atoms with Gasteiger partial charge in [-0.3, -0.25) is 4.79 Å². The molecule has 0 aliphatic heterocycles. The summed E-state index contributed by atoms with van der Waals surface area (Å²) in [5.74, 6) is -4.52. The van der Waals surface area contributed by atoms with E-state index in [1.54, 1.807) is 0 Å². The summed E-state index contributed by atoms with van der Waals surface area (Å²) >= 11 is 5.87. The van der Waals surface area contributed by atoms with Gasteiger partial charge in [0.15, 0.2) is 6.67 Å². The number of nitrogens with zero attached hydrogens (tertiary/aromatic N) is 1. The summed E-state index contributed by atoms with van der Waals surface area (Å²) in [6.07, 6.45) is 2.36. The van der Waals surface area contributed by atoms with Crippen LogP contribution in [0, 0.1) is 5.92 Å². The third-order valence-electron chi connectivity index (χ3n) is 3.62. The van der Waals surface area contributed by atoms with E-state index in [0.717, 1.165) is 18.7 Å². The van der Waals surface area contributed by atoms with Crippen molar-refractivity contribution in [3.8, 4) is 5.88 Å². The first kappa shape index (κ1) is 16.9. The van der Waals surface area contributed by atoms with Gasteiger partial charge in [0.1, 0.15) is 11.1 Å². The molecule has 122 valence electrons. The third-order valence-corrected chi connectivity index (χ3v) is 3.89. The molecule has 0 aromatic carbocycles. The highest BCUT2D eigenvalue weighted by Gasteiger charge is 2.37. The number of aromatic nitrogens is 1. The molecular weight excluding hydrogens is 323 g/mol. The van der Waals surface area contributed by atoms with Gasteiger partial charge >= 0.3 is 11.9 Å². The molecule has 1 saturated carbocycles. The normalized spacial score (nSPS) is 21.7. The average Bonchev–Trinajstić information content (AvgIpc) is 2.96. The Balaban J connectivity index is 2.15. The van der Waals surface area contributed by atoms with E-state index in [9.17, 15) is 18.0 Å². The fourth-order valence-corrected chi connectivity index (χ4v) is 2.63. The fraction of sp³-hybridized carbons (Fsp3) is 0.571. The van der Waals surface area contributed by atoms with E-state index in [1.807, 2.05) is 0 Å². The standard InChI is InChI=1S/C14H15ClF3NO3/c1-21-13(20)9-3-2-4-11(9)22-12-10(15)5-8(6-19-12)14(17,18)7-16/h5-6,9,11H,2-4,7H2,1H3/t9-,11-/m1/s1. The summed E-state index contributed by atoms with van der Waals surface area (Å²) in [5.41, 5.74) is -0.622. The van der Waals surface area contributed by atoms with Crippen LogP contribution in [0.4, 0.5) is 13.2 Å². The van der Waals surface area contributed by atoms with Crippen LogP contribution in [0.15, 0.2) is 12.3 Å². The van der Waals surface area contributed by atoms with E-state index in [1.165, 1.54) is 7.11 Å². The second-order valence-corrected chi connectivity index (χ2v) is 5.47. The first-order valence-corrected chi connectivity index (χ1v) is 7.11. The zero-order valence-electron chi connectivity index (χ0n) is 11.8. The molecule has 2 atom stereocenters. The van der Waals surface area contributed by atoms with E-state index in [-0.39, 0.29) is 16.9 Å². The molecule has 1 aromatic rings. The summed E-state index contributed by atoms with van der Waals surface area (Å²) in [4.78, 5) is 15.4. The summed E-state index contributed by atoms with van der Waals surface area (Å²) in [6, 6.07) is 0.922. The number of alkyl halides is 3. The van der Waals surface area contributed by atoms with Crippen LogP contribution >= 0.6 is 11.6 Å². The van der Waals surface area contributed by atoms with Crippen molar-refractivity contribution in [3.05, 3.63) is 22.8 Å². The molecule has 1 fully saturated rings. The molecule has 0 N–H and O–H groups in total. The van der Waals surface area contributed by atoms with Crippen LogP contribution in [0.2, 0.25) is 5.02 Å². The number of esters is 1. The lowest BCUT2D eigenvalue weighted by Crippen LogP contribution is -2.29. The Morgan fingerprint density at radius 2 is 2.23 bits per heavy atom. The zero-order chi connectivity index (χ0) is 16.3. The predicted molar refractivity (Wildman–Crippen MR) is 72.9 cm³/mol. The Hall–Kier alpha value is -1.50. The van der Waals surface area contributed by atoms with Gasteiger partial charge in [0, 0.05) is 11.8 Å². The second kappa shape index (κ2) is 6.73. The Labute approximate surface area is 130 Å². The predicted octanol–water partition coefficient (Wildman–Crippen LogP) is 3.52. The monoisotopic (exact) mass is 337 g/mol. The number of rotatable bonds is 5. The lowest BCUT2D eigenvalue weighted by atomic mass is 10.1. The van der Waals surface area contributed by atoms with Gasteiger partial charge in [-0.1, -0.05) is 11.6 Å². The molecule has 1 aromatic heterocycles. The SMILES string of the molecule is COC(=O)[C@@H]1CCC[C@H]1Oc1ncc(C(F)(F)CF)cc1Cl. The number of methoxy groups -OCH3 is 1. The van der Waals surface area contributed by atoms with Gasteiger partial charge in [-0.25, -0.2) is 9.37 Å². The van der Waals surface area contributed by atoms with Crippen molar-refractivity contribution in [1.82, 2.24) is 4.98 Å². The van der Waals surface area contributed by atoms with Gasteiger partial charge < -0.3 is 9.47 Å². The molecule has 8 heteroatoms. The summed E-state index contributed by atoms with van der Waals surface area (Å²) in [6.45, 7) is -1.84. The smallest absolute Gasteiger partial charge is 0.312 e. The van der Waals surface area contributed by atoms with Crippen molar-refractivity contribution < 1.29 is 27.4 Å². The molecule has 0 amide bonds. The molecule has 1 aliphatic carbocycles. The number of hydrogen-bond acceptors (Lipinski definition) is 4. The topological polar surface area (TPSA) is 48.4 Å². The minimum absolute atomic E-state index is 0.0547. The van der Waals surface area contributed by atoms with Crippen molar-refractivity contribution in [2.45, 2.75) is 31.3 Å². The molecule has 1 heterocycles. The zero-order valence-corrected chi connectivity index (χ0v) is 12.6. The van der Waals surface area contributed by atoms with Crippen LogP contribution in [0.5, 0.6) is 5.88 Å². The van der Waals surface area contributed by atoms with Crippen molar-refractivity contribution >= 4 is 17.6 Å². The Bertz CT molecular complexity index is 556. The lowest BCUT2D eigenvalue weighted by molar-refractivity contribution is -0.147. The maximum Gasteiger partial charge on any atom is 0.312 e. The minimum atomic E-state index is -3.64. The highest BCUT2D eigenvalue weighted by atomic mass is 35.5. The number of pyridine rings is 1. The number of carbonyl (C=O) groups excluding carboxylic acids is 1. The number of ether oxygens (including phenoxy) is 2. The third kappa shape index (κ3) is 3.45. The van der Waals surface area contributed by atoms with E-state index >= 15 is 0 Å². The average molecular weight is 338 g/mol. The fourth-order valence-electron chi connectivity index (χ4n) is 2.42. The van der Waals surface area contributed by atoms with E-state index in [2.05, 4.69) is 4.98 Å². The first-order chi connectivity index (χ1) is 10.4. The van der Waals surface area contributed by atoms with Gasteiger partial charge in [0.25, 0.3) is 0 Å². The van der Waals surface area contributed by atoms with Gasteiger partial charge in [-0.2, -0.15) is 8.78 Å². The van der Waals surface area contributed by atoms with Crippen LogP contribution < -0.4 is 4.74 Å². The molecule has 0 saturated heterocycles. The lowest BCUT2D eigenvalue weighted by Gasteiger charge is -2.20. The van der Waals surface area contributed by atoms with Gasteiger partial charge in [0.05, 0.1) is 13.0 Å². The summed E-state index contributed by atoms with van der Waals surface area (Å²) < 4.78 is 49.0. The second-order valence-electron chi connectivity index (χ2n) is 5.07. The van der Waals surface area contributed by atoms with Gasteiger partial charge in [0.2, 0.25) is 5.88 Å².